The summed E-state index contributed by atoms with van der Waals surface area (Å²) < 4.78 is 27.6. The van der Waals surface area contributed by atoms with Gasteiger partial charge in [-0.25, -0.2) is 13.4 Å². The van der Waals surface area contributed by atoms with Crippen molar-refractivity contribution in [2.75, 3.05) is 16.3 Å². The van der Waals surface area contributed by atoms with Crippen molar-refractivity contribution in [3.8, 4) is 0 Å². The zero-order valence-electron chi connectivity index (χ0n) is 21.3. The Bertz CT molecular complexity index is 1320. The van der Waals surface area contributed by atoms with Gasteiger partial charge < -0.3 is 20.9 Å². The van der Waals surface area contributed by atoms with Crippen LogP contribution in [0.25, 0.3) is 0 Å². The number of aromatic nitrogens is 2. The molecule has 0 radical (unpaired) electrons. The van der Waals surface area contributed by atoms with E-state index in [0.29, 0.717) is 30.9 Å². The van der Waals surface area contributed by atoms with E-state index in [1.165, 1.54) is 0 Å². The molecule has 2 aromatic carbocycles. The lowest BCUT2D eigenvalue weighted by atomic mass is 10.0. The third-order valence-electron chi connectivity index (χ3n) is 5.56. The normalized spacial score (nSPS) is 12.5. The largest absolute Gasteiger partial charge is 0.343 e. The maximum absolute atomic E-state index is 13.1. The van der Waals surface area contributed by atoms with Crippen LogP contribution in [0.2, 0.25) is 0 Å². The number of sulfonamides is 1. The molecule has 0 aliphatic heterocycles. The number of nitrogens with one attached hydrogen (secondary N) is 3. The van der Waals surface area contributed by atoms with Crippen LogP contribution < -0.4 is 21.1 Å². The van der Waals surface area contributed by atoms with Crippen LogP contribution in [-0.4, -0.2) is 47.6 Å². The first-order valence-corrected chi connectivity index (χ1v) is 13.8. The number of hydrogen-bond donors (Lipinski definition) is 4. The molecule has 0 fully saturated rings. The summed E-state index contributed by atoms with van der Waals surface area (Å²) in [5.74, 6) is -0.504. The van der Waals surface area contributed by atoms with E-state index in [2.05, 4.69) is 20.3 Å². The third kappa shape index (κ3) is 9.03. The van der Waals surface area contributed by atoms with Crippen LogP contribution in [-0.2, 0) is 32.6 Å². The topological polar surface area (TPSA) is 148 Å². The number of amides is 2. The fourth-order valence-corrected chi connectivity index (χ4v) is 4.25. The highest BCUT2D eigenvalue weighted by molar-refractivity contribution is 7.92. The van der Waals surface area contributed by atoms with E-state index >= 15 is 0 Å². The molecule has 0 spiro atoms. The molecule has 0 saturated heterocycles. The number of imidazole rings is 1. The van der Waals surface area contributed by atoms with Gasteiger partial charge in [-0.2, -0.15) is 0 Å². The molecule has 3 rings (SSSR count). The van der Waals surface area contributed by atoms with Crippen molar-refractivity contribution in [3.05, 3.63) is 78.2 Å². The van der Waals surface area contributed by atoms with Crippen molar-refractivity contribution >= 4 is 33.3 Å². The molecule has 1 aromatic heterocycles. The highest BCUT2D eigenvalue weighted by atomic mass is 32.2. The molecule has 5 N–H and O–H groups in total. The Kier molecular flexibility index (Phi) is 9.06. The average molecular weight is 527 g/mol. The number of carbonyl (C=O) groups is 2. The maximum atomic E-state index is 13.1. The molecule has 3 aromatic rings. The lowest BCUT2D eigenvalue weighted by Crippen LogP contribution is -2.54. The number of anilines is 2. The summed E-state index contributed by atoms with van der Waals surface area (Å²) in [6, 6.07) is 16.2. The second kappa shape index (κ2) is 12.0. The van der Waals surface area contributed by atoms with Gasteiger partial charge in [-0.05, 0) is 50.3 Å². The van der Waals surface area contributed by atoms with E-state index < -0.39 is 33.4 Å². The molecule has 0 unspecified atom stereocenters. The lowest BCUT2D eigenvalue weighted by molar-refractivity contribution is -0.129. The van der Waals surface area contributed by atoms with Gasteiger partial charge in [0.05, 0.1) is 30.4 Å². The van der Waals surface area contributed by atoms with Crippen molar-refractivity contribution in [1.82, 2.24) is 14.9 Å². The molecule has 2 amide bonds. The summed E-state index contributed by atoms with van der Waals surface area (Å²) in [4.78, 5) is 29.9. The van der Waals surface area contributed by atoms with Gasteiger partial charge in [0, 0.05) is 6.20 Å². The smallest absolute Gasteiger partial charge is 0.248 e. The summed E-state index contributed by atoms with van der Waals surface area (Å²) in [6.45, 7) is 3.50. The molecule has 198 valence electrons. The molecule has 1 heterocycles. The van der Waals surface area contributed by atoms with Crippen LogP contribution in [0.15, 0.2) is 67.1 Å². The van der Waals surface area contributed by atoms with E-state index in [1.807, 2.05) is 36.4 Å². The molecule has 11 heteroatoms. The number of rotatable bonds is 12. The highest BCUT2D eigenvalue weighted by Crippen LogP contribution is 2.18. The zero-order chi connectivity index (χ0) is 27.1. The number of hydrogen-bond acceptors (Lipinski definition) is 6. The quantitative estimate of drug-likeness (QED) is 0.285. The van der Waals surface area contributed by atoms with Crippen LogP contribution >= 0.6 is 0 Å². The minimum absolute atomic E-state index is 0.313. The lowest BCUT2D eigenvalue weighted by Gasteiger charge is -2.23. The van der Waals surface area contributed by atoms with Gasteiger partial charge in [0.2, 0.25) is 21.8 Å². The van der Waals surface area contributed by atoms with E-state index in [1.54, 1.807) is 49.1 Å². The molecular weight excluding hydrogens is 492 g/mol. The van der Waals surface area contributed by atoms with Crippen molar-refractivity contribution in [2.45, 2.75) is 51.2 Å². The predicted molar refractivity (Wildman–Crippen MR) is 144 cm³/mol. The molecule has 37 heavy (non-hydrogen) atoms. The maximum Gasteiger partial charge on any atom is 0.248 e. The van der Waals surface area contributed by atoms with Crippen LogP contribution in [0, 0.1) is 0 Å². The van der Waals surface area contributed by atoms with Gasteiger partial charge in [-0.15, -0.1) is 0 Å². The van der Waals surface area contributed by atoms with Crippen molar-refractivity contribution in [2.24, 2.45) is 5.73 Å². The number of benzene rings is 2. The van der Waals surface area contributed by atoms with E-state index in [-0.39, 0.29) is 0 Å². The summed E-state index contributed by atoms with van der Waals surface area (Å²) in [7, 11) is -3.43. The van der Waals surface area contributed by atoms with Crippen LogP contribution in [0.1, 0.15) is 37.8 Å². The van der Waals surface area contributed by atoms with Crippen molar-refractivity contribution < 1.29 is 18.0 Å². The van der Waals surface area contributed by atoms with Gasteiger partial charge in [0.15, 0.2) is 5.82 Å². The Morgan fingerprint density at radius 3 is 2.43 bits per heavy atom. The van der Waals surface area contributed by atoms with Crippen molar-refractivity contribution in [1.29, 1.82) is 0 Å². The molecule has 0 aliphatic rings. The van der Waals surface area contributed by atoms with E-state index in [0.717, 1.165) is 23.8 Å². The number of para-hydroxylation sites is 1. The first-order chi connectivity index (χ1) is 17.4. The standard InChI is InChI=1S/C26H34N6O4S/c1-26(2,27)25(34)29-22(15-9-12-19-10-5-4-6-11-19)24(33)30-23-17-32(18-28-23)16-20-13-7-8-14-21(20)31-37(3,35)36/h4-8,10-11,13-14,17-18,22,31H,9,12,15-16,27H2,1-3H3,(H,29,34)(H,30,33)/t22-/m1/s1. The number of aryl methyl sites for hydroxylation is 1. The SMILES string of the molecule is CC(C)(N)C(=O)N[C@H](CCCc1ccccc1)C(=O)Nc1cn(Cc2ccccc2NS(C)(=O)=O)cn1. The second-order valence-corrected chi connectivity index (χ2v) is 11.3. The number of carbonyl (C=O) groups excluding carboxylic acids is 2. The number of nitrogens with zero attached hydrogens (tertiary/aromatic N) is 2. The third-order valence-corrected chi connectivity index (χ3v) is 6.15. The predicted octanol–water partition coefficient (Wildman–Crippen LogP) is 2.49. The number of nitrogens with two attached hydrogens (primary N) is 1. The first kappa shape index (κ1) is 27.9. The molecule has 0 aliphatic carbocycles. The van der Waals surface area contributed by atoms with Crippen molar-refractivity contribution in [3.63, 3.8) is 0 Å². The summed E-state index contributed by atoms with van der Waals surface area (Å²) in [6.07, 6.45) is 6.15. The molecule has 0 bridgehead atoms. The van der Waals surface area contributed by atoms with Gasteiger partial charge in [0.1, 0.15) is 6.04 Å². The second-order valence-electron chi connectivity index (χ2n) is 9.58. The van der Waals surface area contributed by atoms with Gasteiger partial charge >= 0.3 is 0 Å². The molecule has 10 nitrogen and oxygen atoms in total. The Labute approximate surface area is 217 Å². The Morgan fingerprint density at radius 1 is 1.08 bits per heavy atom. The van der Waals surface area contributed by atoms with E-state index in [9.17, 15) is 18.0 Å². The Hall–Kier alpha value is -3.70. The van der Waals surface area contributed by atoms with Crippen LogP contribution in [0.3, 0.4) is 0 Å². The fraction of sp³-hybridized carbons (Fsp3) is 0.346. The van der Waals surface area contributed by atoms with Crippen LogP contribution in [0.5, 0.6) is 0 Å². The average Bonchev–Trinajstić information content (AvgIpc) is 3.25. The van der Waals surface area contributed by atoms with Gasteiger partial charge in [-0.1, -0.05) is 48.5 Å². The minimum atomic E-state index is -3.43. The molecule has 0 saturated carbocycles. The highest BCUT2D eigenvalue weighted by Gasteiger charge is 2.28. The Balaban J connectivity index is 1.67. The summed E-state index contributed by atoms with van der Waals surface area (Å²) >= 11 is 0. The fourth-order valence-electron chi connectivity index (χ4n) is 3.65. The van der Waals surface area contributed by atoms with Gasteiger partial charge in [0.25, 0.3) is 0 Å². The monoisotopic (exact) mass is 526 g/mol. The van der Waals surface area contributed by atoms with Gasteiger partial charge in [-0.3, -0.25) is 14.3 Å². The summed E-state index contributed by atoms with van der Waals surface area (Å²) in [5.41, 5.74) is 7.15. The minimum Gasteiger partial charge on any atom is -0.343 e. The first-order valence-electron chi connectivity index (χ1n) is 11.9. The molecule has 1 atom stereocenters. The van der Waals surface area contributed by atoms with Crippen LogP contribution in [0.4, 0.5) is 11.5 Å². The summed E-state index contributed by atoms with van der Waals surface area (Å²) in [5, 5.41) is 5.53. The Morgan fingerprint density at radius 2 is 1.76 bits per heavy atom. The van der Waals surface area contributed by atoms with E-state index in [4.69, 9.17) is 5.73 Å². The molecular formula is C26H34N6O4S. The zero-order valence-corrected chi connectivity index (χ0v) is 22.1.